The topological polar surface area (TPSA) is 30.7 Å². The minimum atomic E-state index is -4.45. The van der Waals surface area contributed by atoms with Crippen LogP contribution >= 0.6 is 15.9 Å². The highest BCUT2D eigenvalue weighted by atomic mass is 79.9. The van der Waals surface area contributed by atoms with E-state index in [9.17, 15) is 13.2 Å². The summed E-state index contributed by atoms with van der Waals surface area (Å²) >= 11 is 2.81. The Morgan fingerprint density at radius 2 is 1.92 bits per heavy atom. The van der Waals surface area contributed by atoms with E-state index in [1.807, 2.05) is 0 Å². The summed E-state index contributed by atoms with van der Waals surface area (Å²) in [5.74, 6) is 0. The van der Waals surface area contributed by atoms with Gasteiger partial charge in [0, 0.05) is 6.04 Å². The molecule has 0 N–H and O–H groups in total. The van der Waals surface area contributed by atoms with E-state index in [1.165, 1.54) is 4.68 Å². The largest absolute Gasteiger partial charge is 0.437 e. The standard InChI is InChI=1S/C6H7BrF3N3/c1-3(2)13-5(7)4(11-12-13)6(8,9)10/h3H,1-2H3. The van der Waals surface area contributed by atoms with E-state index in [4.69, 9.17) is 0 Å². The first kappa shape index (κ1) is 10.5. The van der Waals surface area contributed by atoms with Crippen LogP contribution in [0.3, 0.4) is 0 Å². The molecule has 1 rings (SSSR count). The minimum Gasteiger partial charge on any atom is -0.235 e. The summed E-state index contributed by atoms with van der Waals surface area (Å²) < 4.78 is 37.6. The third kappa shape index (κ3) is 2.01. The zero-order valence-corrected chi connectivity index (χ0v) is 8.52. The number of alkyl halides is 3. The molecule has 0 unspecified atom stereocenters. The molecule has 0 spiro atoms. The molecule has 74 valence electrons. The van der Waals surface area contributed by atoms with Gasteiger partial charge in [-0.25, -0.2) is 4.68 Å². The Labute approximate surface area is 81.1 Å². The Balaban J connectivity index is 3.14. The van der Waals surface area contributed by atoms with Gasteiger partial charge in [-0.3, -0.25) is 0 Å². The SMILES string of the molecule is CC(C)n1nnc(C(F)(F)F)c1Br. The highest BCUT2D eigenvalue weighted by Gasteiger charge is 2.38. The summed E-state index contributed by atoms with van der Waals surface area (Å²) in [4.78, 5) is 0. The molecule has 7 heteroatoms. The van der Waals surface area contributed by atoms with Crippen molar-refractivity contribution in [2.75, 3.05) is 0 Å². The molecule has 0 fully saturated rings. The van der Waals surface area contributed by atoms with Crippen molar-refractivity contribution >= 4 is 15.9 Å². The summed E-state index contributed by atoms with van der Waals surface area (Å²) in [6.07, 6.45) is -4.45. The van der Waals surface area contributed by atoms with Gasteiger partial charge in [0.1, 0.15) is 4.60 Å². The number of aromatic nitrogens is 3. The third-order valence-corrected chi connectivity index (χ3v) is 2.13. The van der Waals surface area contributed by atoms with Crippen LogP contribution in [0.2, 0.25) is 0 Å². The first-order valence-corrected chi connectivity index (χ1v) is 4.31. The van der Waals surface area contributed by atoms with Gasteiger partial charge >= 0.3 is 6.18 Å². The second-order valence-corrected chi connectivity index (χ2v) is 3.52. The molecule has 3 nitrogen and oxygen atoms in total. The van der Waals surface area contributed by atoms with Gasteiger partial charge in [0.05, 0.1) is 0 Å². The maximum Gasteiger partial charge on any atom is 0.437 e. The number of hydrogen-bond acceptors (Lipinski definition) is 2. The zero-order chi connectivity index (χ0) is 10.2. The van der Waals surface area contributed by atoms with E-state index in [1.54, 1.807) is 13.8 Å². The van der Waals surface area contributed by atoms with Crippen molar-refractivity contribution in [3.05, 3.63) is 10.3 Å². The third-order valence-electron chi connectivity index (χ3n) is 1.40. The first-order valence-electron chi connectivity index (χ1n) is 3.52. The molecule has 0 aliphatic rings. The molecular weight excluding hydrogens is 251 g/mol. The molecule has 0 radical (unpaired) electrons. The predicted molar refractivity (Wildman–Crippen MR) is 43.1 cm³/mol. The van der Waals surface area contributed by atoms with E-state index in [0.29, 0.717) is 0 Å². The smallest absolute Gasteiger partial charge is 0.235 e. The van der Waals surface area contributed by atoms with E-state index in [2.05, 4.69) is 26.2 Å². The Hall–Kier alpha value is -0.590. The fourth-order valence-electron chi connectivity index (χ4n) is 0.786. The summed E-state index contributed by atoms with van der Waals surface area (Å²) in [7, 11) is 0. The van der Waals surface area contributed by atoms with Crippen LogP contribution in [0, 0.1) is 0 Å². The molecule has 1 heterocycles. The summed E-state index contributed by atoms with van der Waals surface area (Å²) in [5, 5.41) is 6.43. The van der Waals surface area contributed by atoms with Gasteiger partial charge < -0.3 is 0 Å². The van der Waals surface area contributed by atoms with Gasteiger partial charge in [0.15, 0.2) is 0 Å². The van der Waals surface area contributed by atoms with Gasteiger partial charge in [-0.05, 0) is 29.8 Å². The van der Waals surface area contributed by atoms with Crippen LogP contribution in [-0.4, -0.2) is 15.0 Å². The van der Waals surface area contributed by atoms with E-state index in [0.717, 1.165) is 0 Å². The number of halogens is 4. The van der Waals surface area contributed by atoms with Crippen LogP contribution in [0.15, 0.2) is 4.60 Å². The Morgan fingerprint density at radius 3 is 2.15 bits per heavy atom. The van der Waals surface area contributed by atoms with Crippen molar-refractivity contribution in [1.82, 2.24) is 15.0 Å². The van der Waals surface area contributed by atoms with E-state index < -0.39 is 11.9 Å². The summed E-state index contributed by atoms with van der Waals surface area (Å²) in [6.45, 7) is 3.44. The molecule has 13 heavy (non-hydrogen) atoms. The van der Waals surface area contributed by atoms with E-state index in [-0.39, 0.29) is 10.6 Å². The molecular formula is C6H7BrF3N3. The van der Waals surface area contributed by atoms with Crippen LogP contribution in [0.25, 0.3) is 0 Å². The Bertz CT molecular complexity index is 305. The Morgan fingerprint density at radius 1 is 1.38 bits per heavy atom. The quantitative estimate of drug-likeness (QED) is 0.775. The maximum absolute atomic E-state index is 12.2. The van der Waals surface area contributed by atoms with Crippen molar-refractivity contribution in [3.8, 4) is 0 Å². The van der Waals surface area contributed by atoms with Crippen LogP contribution in [0.1, 0.15) is 25.6 Å². The maximum atomic E-state index is 12.2. The van der Waals surface area contributed by atoms with Gasteiger partial charge in [0.2, 0.25) is 5.69 Å². The molecule has 0 atom stereocenters. The number of hydrogen-bond donors (Lipinski definition) is 0. The lowest BCUT2D eigenvalue weighted by molar-refractivity contribution is -0.141. The van der Waals surface area contributed by atoms with Crippen molar-refractivity contribution in [1.29, 1.82) is 0 Å². The molecule has 0 amide bonds. The monoisotopic (exact) mass is 257 g/mol. The molecule has 0 saturated heterocycles. The molecule has 1 aromatic heterocycles. The molecule has 0 bridgehead atoms. The van der Waals surface area contributed by atoms with Crippen molar-refractivity contribution in [2.45, 2.75) is 26.1 Å². The minimum absolute atomic E-state index is 0.130. The van der Waals surface area contributed by atoms with Crippen LogP contribution in [0.4, 0.5) is 13.2 Å². The number of nitrogens with zero attached hydrogens (tertiary/aromatic N) is 3. The number of rotatable bonds is 1. The highest BCUT2D eigenvalue weighted by molar-refractivity contribution is 9.10. The lowest BCUT2D eigenvalue weighted by atomic mass is 10.4. The second kappa shape index (κ2) is 3.28. The second-order valence-electron chi connectivity index (χ2n) is 2.76. The first-order chi connectivity index (χ1) is 5.84. The molecule has 1 aromatic rings. The fraction of sp³-hybridized carbons (Fsp3) is 0.667. The lowest BCUT2D eigenvalue weighted by Gasteiger charge is -2.06. The average molecular weight is 258 g/mol. The molecule has 0 aliphatic heterocycles. The van der Waals surface area contributed by atoms with Crippen LogP contribution < -0.4 is 0 Å². The average Bonchev–Trinajstić information content (AvgIpc) is 2.28. The van der Waals surface area contributed by atoms with Gasteiger partial charge in [0.25, 0.3) is 0 Å². The van der Waals surface area contributed by atoms with Gasteiger partial charge in [-0.15, -0.1) is 5.10 Å². The van der Waals surface area contributed by atoms with Crippen LogP contribution in [-0.2, 0) is 6.18 Å². The molecule has 0 aromatic carbocycles. The zero-order valence-electron chi connectivity index (χ0n) is 6.93. The normalized spacial score (nSPS) is 12.5. The van der Waals surface area contributed by atoms with Gasteiger partial charge in [-0.2, -0.15) is 13.2 Å². The van der Waals surface area contributed by atoms with E-state index >= 15 is 0 Å². The Kier molecular flexibility index (Phi) is 2.65. The van der Waals surface area contributed by atoms with Crippen molar-refractivity contribution in [3.63, 3.8) is 0 Å². The van der Waals surface area contributed by atoms with Crippen LogP contribution in [0.5, 0.6) is 0 Å². The van der Waals surface area contributed by atoms with Crippen molar-refractivity contribution in [2.24, 2.45) is 0 Å². The summed E-state index contributed by atoms with van der Waals surface area (Å²) in [5.41, 5.74) is -0.985. The van der Waals surface area contributed by atoms with Gasteiger partial charge in [-0.1, -0.05) is 5.21 Å². The van der Waals surface area contributed by atoms with Crippen molar-refractivity contribution < 1.29 is 13.2 Å². The lowest BCUT2D eigenvalue weighted by Crippen LogP contribution is -2.07. The summed E-state index contributed by atoms with van der Waals surface area (Å²) in [6, 6.07) is -0.155. The highest BCUT2D eigenvalue weighted by Crippen LogP contribution is 2.33. The predicted octanol–water partition coefficient (Wildman–Crippen LogP) is 2.64. The molecule has 0 aliphatic carbocycles. The molecule has 0 saturated carbocycles. The fourth-order valence-corrected chi connectivity index (χ4v) is 1.57.